The molecule has 1 saturated carbocycles. The third kappa shape index (κ3) is 3.51. The summed E-state index contributed by atoms with van der Waals surface area (Å²) in [6, 6.07) is 6.91. The van der Waals surface area contributed by atoms with E-state index in [1.807, 2.05) is 0 Å². The molecule has 0 saturated heterocycles. The van der Waals surface area contributed by atoms with Gasteiger partial charge in [-0.1, -0.05) is 23.9 Å². The lowest BCUT2D eigenvalue weighted by Crippen LogP contribution is -2.39. The Morgan fingerprint density at radius 1 is 1.39 bits per heavy atom. The molecule has 3 atom stereocenters. The number of nitrogens with two attached hydrogens (primary N) is 1. The highest BCUT2D eigenvalue weighted by atomic mass is 32.3. The number of hydrogen-bond acceptors (Lipinski definition) is 6. The Balaban J connectivity index is 1.75. The van der Waals surface area contributed by atoms with Gasteiger partial charge in [0.25, 0.3) is 0 Å². The van der Waals surface area contributed by atoms with Crippen molar-refractivity contribution in [1.29, 1.82) is 0 Å². The van der Waals surface area contributed by atoms with Crippen molar-refractivity contribution in [3.8, 4) is 0 Å². The molecule has 2 aliphatic rings. The van der Waals surface area contributed by atoms with Gasteiger partial charge in [0.05, 0.1) is 17.8 Å². The largest absolute Gasteiger partial charge is 0.378 e. The monoisotopic (exact) mass is 460 g/mol. The number of hydrogen-bond donors (Lipinski definition) is 1. The Labute approximate surface area is 183 Å². The summed E-state index contributed by atoms with van der Waals surface area (Å²) < 4.78 is 53.2. The molecule has 1 aromatic heterocycles. The highest BCUT2D eigenvalue weighted by Gasteiger charge is 2.72. The molecule has 0 amide bonds. The maximum atomic E-state index is 14.9. The van der Waals surface area contributed by atoms with Gasteiger partial charge < -0.3 is 5.73 Å². The molecule has 0 spiro atoms. The Morgan fingerprint density at radius 2 is 2.13 bits per heavy atom. The van der Waals surface area contributed by atoms with E-state index in [-0.39, 0.29) is 22.1 Å². The van der Waals surface area contributed by atoms with Crippen molar-refractivity contribution in [2.24, 2.45) is 16.6 Å². The van der Waals surface area contributed by atoms with Gasteiger partial charge in [0.15, 0.2) is 15.0 Å². The molecule has 1 aliphatic carbocycles. The fourth-order valence-corrected chi connectivity index (χ4v) is 7.33. The summed E-state index contributed by atoms with van der Waals surface area (Å²) in [6.45, 7) is 8.59. The quantitative estimate of drug-likeness (QED) is 0.688. The number of nitrogens with zero attached hydrogens (tertiary/aromatic N) is 3. The van der Waals surface area contributed by atoms with E-state index in [0.717, 1.165) is 18.0 Å². The Kier molecular flexibility index (Phi) is 4.94. The first-order valence-electron chi connectivity index (χ1n) is 9.25. The van der Waals surface area contributed by atoms with E-state index in [1.165, 1.54) is 42.6 Å². The summed E-state index contributed by atoms with van der Waals surface area (Å²) in [7, 11) is -3.47. The molecule has 2 heterocycles. The van der Waals surface area contributed by atoms with Gasteiger partial charge >= 0.3 is 0 Å². The van der Waals surface area contributed by atoms with Crippen LogP contribution in [0.3, 0.4) is 0 Å². The molecule has 1 aliphatic heterocycles. The molecule has 0 radical (unpaired) electrons. The fourth-order valence-electron chi connectivity index (χ4n) is 4.04. The van der Waals surface area contributed by atoms with Gasteiger partial charge in [-0.05, 0) is 43.2 Å². The number of fused-ring (bicyclic) bond motifs is 1. The van der Waals surface area contributed by atoms with E-state index in [2.05, 4.69) is 14.8 Å². The molecule has 31 heavy (non-hydrogen) atoms. The van der Waals surface area contributed by atoms with Crippen molar-refractivity contribution < 1.29 is 17.2 Å². The lowest BCUT2D eigenvalue weighted by molar-refractivity contribution is 0.402. The summed E-state index contributed by atoms with van der Waals surface area (Å²) in [6.07, 6.45) is 3.92. The Hall–Kier alpha value is -2.77. The maximum absolute atomic E-state index is 14.9. The van der Waals surface area contributed by atoms with Crippen LogP contribution < -0.4 is 5.73 Å². The molecule has 1 aromatic carbocycles. The summed E-state index contributed by atoms with van der Waals surface area (Å²) in [5.41, 5.74) is 5.60. The van der Waals surface area contributed by atoms with Crippen LogP contribution in [0.1, 0.15) is 30.2 Å². The Bertz CT molecular complexity index is 1290. The van der Waals surface area contributed by atoms with Crippen LogP contribution in [0.2, 0.25) is 0 Å². The summed E-state index contributed by atoms with van der Waals surface area (Å²) in [5.74, 6) is -1.68. The van der Waals surface area contributed by atoms with Crippen molar-refractivity contribution in [3.63, 3.8) is 0 Å². The SMILES string of the molecule is [C-]#[N+]c1ccc(/C(F)=C/c2ccc(F)c([C@@]3(C)N=C(N)S[C@@]4(S(C)(=O)=O)C[C@H]43)c2)nc1. The molecule has 2 aromatic rings. The second kappa shape index (κ2) is 7.14. The third-order valence-electron chi connectivity index (χ3n) is 5.74. The number of halogens is 2. The van der Waals surface area contributed by atoms with Crippen molar-refractivity contribution in [3.05, 3.63) is 70.6 Å². The van der Waals surface area contributed by atoms with E-state index in [4.69, 9.17) is 12.3 Å². The van der Waals surface area contributed by atoms with Gasteiger partial charge in [-0.2, -0.15) is 0 Å². The van der Waals surface area contributed by atoms with Crippen molar-refractivity contribution in [2.45, 2.75) is 23.0 Å². The van der Waals surface area contributed by atoms with Gasteiger partial charge in [-0.15, -0.1) is 0 Å². The lowest BCUT2D eigenvalue weighted by atomic mass is 9.86. The minimum Gasteiger partial charge on any atom is -0.378 e. The zero-order valence-corrected chi connectivity index (χ0v) is 18.3. The zero-order chi connectivity index (χ0) is 22.6. The molecular formula is C21H18F2N4O2S2. The van der Waals surface area contributed by atoms with Crippen LogP contribution in [-0.2, 0) is 15.4 Å². The lowest BCUT2D eigenvalue weighted by Gasteiger charge is -2.33. The number of aliphatic imine (C=N–C) groups is 1. The highest BCUT2D eigenvalue weighted by molar-refractivity contribution is 8.24. The molecule has 2 N–H and O–H groups in total. The first-order valence-corrected chi connectivity index (χ1v) is 12.0. The fraction of sp³-hybridized carbons (Fsp3) is 0.286. The number of sulfone groups is 1. The number of thioether (sulfide) groups is 1. The van der Waals surface area contributed by atoms with Crippen LogP contribution in [-0.4, -0.2) is 28.9 Å². The van der Waals surface area contributed by atoms with Crippen LogP contribution in [0.4, 0.5) is 14.5 Å². The van der Waals surface area contributed by atoms with Gasteiger partial charge in [0.1, 0.15) is 15.7 Å². The Morgan fingerprint density at radius 3 is 2.74 bits per heavy atom. The van der Waals surface area contributed by atoms with E-state index in [1.54, 1.807) is 6.92 Å². The van der Waals surface area contributed by atoms with Gasteiger partial charge in [0, 0.05) is 23.9 Å². The van der Waals surface area contributed by atoms with E-state index in [0.29, 0.717) is 12.0 Å². The van der Waals surface area contributed by atoms with Crippen LogP contribution in [0.15, 0.2) is 41.5 Å². The van der Waals surface area contributed by atoms with Gasteiger partial charge in [-0.3, -0.25) is 9.98 Å². The van der Waals surface area contributed by atoms with Crippen LogP contribution in [0, 0.1) is 18.3 Å². The number of aromatic nitrogens is 1. The summed E-state index contributed by atoms with van der Waals surface area (Å²) in [5, 5.41) is 0.0808. The predicted molar refractivity (Wildman–Crippen MR) is 118 cm³/mol. The van der Waals surface area contributed by atoms with Crippen molar-refractivity contribution in [1.82, 2.24) is 4.98 Å². The van der Waals surface area contributed by atoms with Crippen LogP contribution in [0.5, 0.6) is 0 Å². The first kappa shape index (κ1) is 21.5. The van der Waals surface area contributed by atoms with E-state index >= 15 is 0 Å². The number of rotatable bonds is 4. The second-order valence-electron chi connectivity index (χ2n) is 7.79. The van der Waals surface area contributed by atoms with Crippen molar-refractivity contribution in [2.75, 3.05) is 6.26 Å². The smallest absolute Gasteiger partial charge is 0.205 e. The molecule has 6 nitrogen and oxygen atoms in total. The highest BCUT2D eigenvalue weighted by Crippen LogP contribution is 2.68. The molecule has 4 rings (SSSR count). The van der Waals surface area contributed by atoms with Crippen LogP contribution in [0.25, 0.3) is 16.7 Å². The maximum Gasteiger partial charge on any atom is 0.205 e. The molecule has 0 bridgehead atoms. The normalized spacial score (nSPS) is 27.8. The summed E-state index contributed by atoms with van der Waals surface area (Å²) >= 11 is 1.00. The average Bonchev–Trinajstić information content (AvgIpc) is 3.46. The zero-order valence-electron chi connectivity index (χ0n) is 16.6. The van der Waals surface area contributed by atoms with E-state index in [9.17, 15) is 17.2 Å². The predicted octanol–water partition coefficient (Wildman–Crippen LogP) is 4.28. The minimum absolute atomic E-state index is 0.0408. The number of pyridine rings is 1. The standard InChI is InChI=1S/C21H18F2N4O2S2/c1-20(18-10-21(18,31(3,28)29)30-19(24)27-20)14-8-12(4-6-15(14)22)9-16(23)17-7-5-13(25-2)11-26-17/h4-9,11,18H,10H2,1,3H3,(H2,24,27)/b16-9-/t18-,20+,21+/m0/s1. The average molecular weight is 461 g/mol. The third-order valence-corrected chi connectivity index (χ3v) is 9.70. The molecular weight excluding hydrogens is 442 g/mol. The first-order chi connectivity index (χ1) is 14.5. The molecule has 160 valence electrons. The number of benzene rings is 1. The van der Waals surface area contributed by atoms with Gasteiger partial charge in [-0.25, -0.2) is 22.0 Å². The summed E-state index contributed by atoms with van der Waals surface area (Å²) in [4.78, 5) is 11.5. The van der Waals surface area contributed by atoms with Crippen molar-refractivity contribution >= 4 is 44.4 Å². The number of amidine groups is 1. The topological polar surface area (TPSA) is 89.8 Å². The minimum atomic E-state index is -3.47. The van der Waals surface area contributed by atoms with E-state index < -0.39 is 37.0 Å². The van der Waals surface area contributed by atoms with Crippen LogP contribution >= 0.6 is 11.8 Å². The molecule has 0 unspecified atom stereocenters. The van der Waals surface area contributed by atoms with Gasteiger partial charge in [0.2, 0.25) is 5.69 Å². The molecule has 10 heteroatoms. The molecule has 1 fully saturated rings. The second-order valence-corrected chi connectivity index (χ2v) is 11.7.